The van der Waals surface area contributed by atoms with E-state index in [4.69, 9.17) is 4.74 Å². The summed E-state index contributed by atoms with van der Waals surface area (Å²) in [4.78, 5) is 14.7. The van der Waals surface area contributed by atoms with Gasteiger partial charge in [0, 0.05) is 30.5 Å². The van der Waals surface area contributed by atoms with E-state index in [1.54, 1.807) is 0 Å². The van der Waals surface area contributed by atoms with Crippen molar-refractivity contribution in [2.75, 3.05) is 43.1 Å². The van der Waals surface area contributed by atoms with E-state index in [2.05, 4.69) is 53.6 Å². The van der Waals surface area contributed by atoms with Gasteiger partial charge in [0.15, 0.2) is 0 Å². The van der Waals surface area contributed by atoms with Crippen LogP contribution in [0.3, 0.4) is 0 Å². The number of ether oxygens (including phenoxy) is 1. The van der Waals surface area contributed by atoms with E-state index >= 15 is 0 Å². The molecule has 1 aliphatic heterocycles. The molecule has 1 amide bonds. The van der Waals surface area contributed by atoms with Gasteiger partial charge in [-0.1, -0.05) is 44.2 Å². The summed E-state index contributed by atoms with van der Waals surface area (Å²) in [6.45, 7) is 7.95. The number of amides is 1. The summed E-state index contributed by atoms with van der Waals surface area (Å²) >= 11 is 0. The fourth-order valence-corrected chi connectivity index (χ4v) is 3.38. The molecule has 2 aromatic rings. The SMILES string of the molecule is CC(C)[C@H](NCC(=O)Nc1ccc(N2CCOCC2)cc1)c1ccccc1. The highest BCUT2D eigenvalue weighted by atomic mass is 16.5. The van der Waals surface area contributed by atoms with Crippen molar-refractivity contribution in [1.82, 2.24) is 5.32 Å². The number of nitrogens with one attached hydrogen (secondary N) is 2. The van der Waals surface area contributed by atoms with Gasteiger partial charge in [-0.15, -0.1) is 0 Å². The van der Waals surface area contributed by atoms with Crippen LogP contribution in [0.25, 0.3) is 0 Å². The van der Waals surface area contributed by atoms with Crippen molar-refractivity contribution in [3.63, 3.8) is 0 Å². The number of rotatable bonds is 7. The molecule has 0 aromatic heterocycles. The maximum absolute atomic E-state index is 12.4. The molecule has 1 atom stereocenters. The molecule has 5 nitrogen and oxygen atoms in total. The largest absolute Gasteiger partial charge is 0.378 e. The van der Waals surface area contributed by atoms with E-state index in [0.29, 0.717) is 5.92 Å². The van der Waals surface area contributed by atoms with Gasteiger partial charge in [-0.3, -0.25) is 4.79 Å². The van der Waals surface area contributed by atoms with Gasteiger partial charge in [0.1, 0.15) is 0 Å². The van der Waals surface area contributed by atoms with Crippen LogP contribution in [-0.2, 0) is 9.53 Å². The summed E-state index contributed by atoms with van der Waals surface area (Å²) in [5, 5.41) is 6.36. The van der Waals surface area contributed by atoms with Crippen molar-refractivity contribution in [2.24, 2.45) is 5.92 Å². The van der Waals surface area contributed by atoms with Crippen LogP contribution < -0.4 is 15.5 Å². The first-order valence-electron chi connectivity index (χ1n) is 9.64. The molecule has 0 unspecified atom stereocenters. The molecule has 3 rings (SSSR count). The van der Waals surface area contributed by atoms with Gasteiger partial charge in [-0.2, -0.15) is 0 Å². The maximum Gasteiger partial charge on any atom is 0.238 e. The number of morpholine rings is 1. The maximum atomic E-state index is 12.4. The molecule has 0 bridgehead atoms. The van der Waals surface area contributed by atoms with Crippen molar-refractivity contribution < 1.29 is 9.53 Å². The third-order valence-electron chi connectivity index (χ3n) is 4.84. The van der Waals surface area contributed by atoms with Crippen LogP contribution in [0, 0.1) is 5.92 Å². The molecule has 2 N–H and O–H groups in total. The fourth-order valence-electron chi connectivity index (χ4n) is 3.38. The highest BCUT2D eigenvalue weighted by molar-refractivity contribution is 5.92. The van der Waals surface area contributed by atoms with Gasteiger partial charge in [0.2, 0.25) is 5.91 Å². The molecule has 144 valence electrons. The summed E-state index contributed by atoms with van der Waals surface area (Å²) in [5.41, 5.74) is 3.19. The molecule has 1 heterocycles. The van der Waals surface area contributed by atoms with E-state index in [9.17, 15) is 4.79 Å². The highest BCUT2D eigenvalue weighted by Crippen LogP contribution is 2.21. The minimum atomic E-state index is -0.0318. The summed E-state index contributed by atoms with van der Waals surface area (Å²) in [5.74, 6) is 0.365. The quantitative estimate of drug-likeness (QED) is 0.787. The standard InChI is InChI=1S/C22H29N3O2/c1-17(2)22(18-6-4-3-5-7-18)23-16-21(26)24-19-8-10-20(11-9-19)25-12-14-27-15-13-25/h3-11,17,22-23H,12-16H2,1-2H3,(H,24,26)/t22-/m0/s1. The van der Waals surface area contributed by atoms with Gasteiger partial charge in [0.05, 0.1) is 19.8 Å². The monoisotopic (exact) mass is 367 g/mol. The molecule has 1 saturated heterocycles. The summed E-state index contributed by atoms with van der Waals surface area (Å²) in [6, 6.07) is 18.4. The van der Waals surface area contributed by atoms with Crippen LogP contribution in [0.1, 0.15) is 25.5 Å². The fraction of sp³-hybridized carbons (Fsp3) is 0.409. The van der Waals surface area contributed by atoms with Crippen molar-refractivity contribution in [2.45, 2.75) is 19.9 Å². The van der Waals surface area contributed by atoms with Gasteiger partial charge < -0.3 is 20.3 Å². The zero-order chi connectivity index (χ0) is 19.1. The van der Waals surface area contributed by atoms with Crippen LogP contribution in [0.2, 0.25) is 0 Å². The Morgan fingerprint density at radius 2 is 1.70 bits per heavy atom. The van der Waals surface area contributed by atoms with Crippen LogP contribution >= 0.6 is 0 Å². The van der Waals surface area contributed by atoms with Crippen molar-refractivity contribution >= 4 is 17.3 Å². The Labute approximate surface area is 161 Å². The van der Waals surface area contributed by atoms with Gasteiger partial charge in [0.25, 0.3) is 0 Å². The molecule has 0 saturated carbocycles. The molecule has 2 aromatic carbocycles. The molecule has 0 aliphatic carbocycles. The lowest BCUT2D eigenvalue weighted by Crippen LogP contribution is -2.36. The Morgan fingerprint density at radius 1 is 1.04 bits per heavy atom. The van der Waals surface area contributed by atoms with Crippen LogP contribution in [-0.4, -0.2) is 38.8 Å². The Morgan fingerprint density at radius 3 is 2.33 bits per heavy atom. The van der Waals surface area contributed by atoms with E-state index in [1.165, 1.54) is 11.3 Å². The normalized spacial score (nSPS) is 15.6. The summed E-state index contributed by atoms with van der Waals surface area (Å²) in [6.07, 6.45) is 0. The molecule has 1 aliphatic rings. The number of hydrogen-bond donors (Lipinski definition) is 2. The molecule has 0 spiro atoms. The zero-order valence-electron chi connectivity index (χ0n) is 16.2. The number of hydrogen-bond acceptors (Lipinski definition) is 4. The average Bonchev–Trinajstić information content (AvgIpc) is 2.70. The van der Waals surface area contributed by atoms with E-state index in [-0.39, 0.29) is 18.5 Å². The lowest BCUT2D eigenvalue weighted by Gasteiger charge is -2.28. The Hall–Kier alpha value is -2.37. The average molecular weight is 367 g/mol. The summed E-state index contributed by atoms with van der Waals surface area (Å²) < 4.78 is 5.39. The van der Waals surface area contributed by atoms with Crippen LogP contribution in [0.4, 0.5) is 11.4 Å². The second-order valence-corrected chi connectivity index (χ2v) is 7.21. The number of benzene rings is 2. The van der Waals surface area contributed by atoms with Crippen LogP contribution in [0.15, 0.2) is 54.6 Å². The van der Waals surface area contributed by atoms with E-state index in [0.717, 1.165) is 32.0 Å². The molecule has 27 heavy (non-hydrogen) atoms. The van der Waals surface area contributed by atoms with Gasteiger partial charge in [-0.05, 0) is 35.7 Å². The number of nitrogens with zero attached hydrogens (tertiary/aromatic N) is 1. The van der Waals surface area contributed by atoms with Crippen molar-refractivity contribution in [3.05, 3.63) is 60.2 Å². The third kappa shape index (κ3) is 5.55. The topological polar surface area (TPSA) is 53.6 Å². The number of anilines is 2. The second kappa shape index (κ2) is 9.53. The zero-order valence-corrected chi connectivity index (χ0v) is 16.2. The van der Waals surface area contributed by atoms with Gasteiger partial charge >= 0.3 is 0 Å². The predicted molar refractivity (Wildman–Crippen MR) is 110 cm³/mol. The van der Waals surface area contributed by atoms with E-state index in [1.807, 2.05) is 30.3 Å². The first-order chi connectivity index (χ1) is 13.1. The third-order valence-corrected chi connectivity index (χ3v) is 4.84. The molecular weight excluding hydrogens is 338 g/mol. The minimum Gasteiger partial charge on any atom is -0.378 e. The highest BCUT2D eigenvalue weighted by Gasteiger charge is 2.16. The lowest BCUT2D eigenvalue weighted by molar-refractivity contribution is -0.115. The Balaban J connectivity index is 1.52. The Kier molecular flexibility index (Phi) is 6.85. The van der Waals surface area contributed by atoms with Crippen LogP contribution in [0.5, 0.6) is 0 Å². The molecule has 0 radical (unpaired) electrons. The summed E-state index contributed by atoms with van der Waals surface area (Å²) in [7, 11) is 0. The first-order valence-corrected chi connectivity index (χ1v) is 9.64. The minimum absolute atomic E-state index is 0.0318. The van der Waals surface area contributed by atoms with Crippen molar-refractivity contribution in [3.8, 4) is 0 Å². The molecule has 1 fully saturated rings. The molecule has 5 heteroatoms. The van der Waals surface area contributed by atoms with Crippen molar-refractivity contribution in [1.29, 1.82) is 0 Å². The number of carbonyl (C=O) groups is 1. The smallest absolute Gasteiger partial charge is 0.238 e. The lowest BCUT2D eigenvalue weighted by atomic mass is 9.96. The second-order valence-electron chi connectivity index (χ2n) is 7.21. The predicted octanol–water partition coefficient (Wildman–Crippen LogP) is 3.45. The Bertz CT molecular complexity index is 710. The number of carbonyl (C=O) groups excluding carboxylic acids is 1. The van der Waals surface area contributed by atoms with E-state index < -0.39 is 0 Å². The van der Waals surface area contributed by atoms with Gasteiger partial charge in [-0.25, -0.2) is 0 Å². The first kappa shape index (κ1) is 19.4. The molecular formula is C22H29N3O2.